The van der Waals surface area contributed by atoms with E-state index in [4.69, 9.17) is 11.6 Å². The lowest BCUT2D eigenvalue weighted by atomic mass is 10.1. The van der Waals surface area contributed by atoms with Crippen LogP contribution in [0, 0.1) is 5.82 Å². The minimum Gasteiger partial charge on any atom is -0.211 e. The Morgan fingerprint density at radius 3 is 3.00 bits per heavy atom. The molecule has 2 nitrogen and oxygen atoms in total. The lowest BCUT2D eigenvalue weighted by Gasteiger charge is -2.02. The molecule has 4 heteroatoms. The molecule has 1 aromatic carbocycles. The first kappa shape index (κ1) is 9.38. The van der Waals surface area contributed by atoms with Crippen LogP contribution in [0.4, 0.5) is 4.39 Å². The highest BCUT2D eigenvalue weighted by molar-refractivity contribution is 6.31. The van der Waals surface area contributed by atoms with Gasteiger partial charge in [0, 0.05) is 16.5 Å². The van der Waals surface area contributed by atoms with Crippen molar-refractivity contribution in [3.8, 4) is 0 Å². The molecule has 0 saturated heterocycles. The number of benzene rings is 1. The summed E-state index contributed by atoms with van der Waals surface area (Å²) in [6.45, 7) is 0. The molecule has 0 aromatic heterocycles. The summed E-state index contributed by atoms with van der Waals surface area (Å²) in [4.78, 5) is 13.5. The Morgan fingerprint density at radius 1 is 1.57 bits per heavy atom. The normalized spacial score (nSPS) is 24.1. The molecule has 0 spiro atoms. The monoisotopic (exact) mass is 211 g/mol. The molecule has 2 unspecified atom stereocenters. The Kier molecular flexibility index (Phi) is 2.36. The van der Waals surface area contributed by atoms with Crippen molar-refractivity contribution in [1.82, 2.24) is 0 Å². The van der Waals surface area contributed by atoms with Gasteiger partial charge in [0.05, 0.1) is 6.04 Å². The van der Waals surface area contributed by atoms with Crippen molar-refractivity contribution in [3.63, 3.8) is 0 Å². The number of rotatable bonds is 2. The minimum absolute atomic E-state index is 0.0508. The number of hydrogen-bond acceptors (Lipinski definition) is 2. The zero-order chi connectivity index (χ0) is 10.1. The van der Waals surface area contributed by atoms with Crippen molar-refractivity contribution in [1.29, 1.82) is 0 Å². The highest BCUT2D eigenvalue weighted by Crippen LogP contribution is 2.46. The van der Waals surface area contributed by atoms with Gasteiger partial charge in [-0.1, -0.05) is 17.7 Å². The Hall–Kier alpha value is -1.18. The van der Waals surface area contributed by atoms with Crippen LogP contribution in [0.25, 0.3) is 0 Å². The summed E-state index contributed by atoms with van der Waals surface area (Å²) in [5.41, 5.74) is 0.471. The van der Waals surface area contributed by atoms with E-state index in [2.05, 4.69) is 4.99 Å². The van der Waals surface area contributed by atoms with Crippen LogP contribution in [0.15, 0.2) is 23.2 Å². The van der Waals surface area contributed by atoms with Crippen LogP contribution in [0.3, 0.4) is 0 Å². The van der Waals surface area contributed by atoms with E-state index in [-0.39, 0.29) is 17.8 Å². The fraction of sp³-hybridized carbons (Fsp3) is 0.300. The summed E-state index contributed by atoms with van der Waals surface area (Å²) in [5, 5.41) is 0.401. The molecule has 0 aliphatic heterocycles. The van der Waals surface area contributed by atoms with Gasteiger partial charge in [-0.3, -0.25) is 0 Å². The first-order chi connectivity index (χ1) is 6.74. The topological polar surface area (TPSA) is 29.4 Å². The third kappa shape index (κ3) is 1.57. The molecule has 2 atom stereocenters. The molecule has 2 rings (SSSR count). The number of isocyanates is 1. The number of aliphatic imine (C=N–C) groups is 1. The van der Waals surface area contributed by atoms with Crippen molar-refractivity contribution in [2.24, 2.45) is 4.99 Å². The number of carbonyl (C=O) groups excluding carboxylic acids is 1. The van der Waals surface area contributed by atoms with Crippen LogP contribution in [0.5, 0.6) is 0 Å². The lowest BCUT2D eigenvalue weighted by Crippen LogP contribution is -1.91. The fourth-order valence-corrected chi connectivity index (χ4v) is 1.87. The standard InChI is InChI=1S/C10H7ClFNO/c11-7-2-1-3-8(12)10(7)6-4-9(6)13-5-14/h1-3,6,9H,4H2. The fourth-order valence-electron chi connectivity index (χ4n) is 1.57. The second kappa shape index (κ2) is 3.52. The van der Waals surface area contributed by atoms with Gasteiger partial charge in [0.15, 0.2) is 0 Å². The third-order valence-corrected chi connectivity index (χ3v) is 2.68. The molecule has 0 heterocycles. The Bertz CT molecular complexity index is 394. The van der Waals surface area contributed by atoms with E-state index in [1.165, 1.54) is 12.1 Å². The van der Waals surface area contributed by atoms with Crippen molar-refractivity contribution in [2.45, 2.75) is 18.4 Å². The molecule has 1 saturated carbocycles. The summed E-state index contributed by atoms with van der Waals surface area (Å²) in [6.07, 6.45) is 2.15. The first-order valence-corrected chi connectivity index (χ1v) is 4.62. The number of nitrogens with zero attached hydrogens (tertiary/aromatic N) is 1. The van der Waals surface area contributed by atoms with Gasteiger partial charge in [0.1, 0.15) is 5.82 Å². The molecule has 72 valence electrons. The van der Waals surface area contributed by atoms with Crippen LogP contribution in [0.2, 0.25) is 5.02 Å². The van der Waals surface area contributed by atoms with E-state index in [9.17, 15) is 9.18 Å². The zero-order valence-electron chi connectivity index (χ0n) is 7.21. The number of hydrogen-bond donors (Lipinski definition) is 0. The van der Waals surface area contributed by atoms with Crippen molar-refractivity contribution >= 4 is 17.7 Å². The summed E-state index contributed by atoms with van der Waals surface area (Å²) >= 11 is 5.85. The van der Waals surface area contributed by atoms with Crippen molar-refractivity contribution < 1.29 is 9.18 Å². The van der Waals surface area contributed by atoms with Gasteiger partial charge < -0.3 is 0 Å². The average molecular weight is 212 g/mol. The highest BCUT2D eigenvalue weighted by Gasteiger charge is 2.41. The van der Waals surface area contributed by atoms with Crippen LogP contribution < -0.4 is 0 Å². The molecule has 0 N–H and O–H groups in total. The molecular weight excluding hydrogens is 205 g/mol. The van der Waals surface area contributed by atoms with Gasteiger partial charge in [0.2, 0.25) is 6.08 Å². The summed E-state index contributed by atoms with van der Waals surface area (Å²) in [6, 6.07) is 4.42. The maximum absolute atomic E-state index is 13.3. The van der Waals surface area contributed by atoms with Gasteiger partial charge in [-0.05, 0) is 18.6 Å². The third-order valence-electron chi connectivity index (χ3n) is 2.35. The largest absolute Gasteiger partial charge is 0.235 e. The van der Waals surface area contributed by atoms with Crippen LogP contribution >= 0.6 is 11.6 Å². The molecule has 1 fully saturated rings. The van der Waals surface area contributed by atoms with E-state index in [1.807, 2.05) is 0 Å². The Morgan fingerprint density at radius 2 is 2.36 bits per heavy atom. The summed E-state index contributed by atoms with van der Waals surface area (Å²) in [5.74, 6) is -0.378. The molecule has 1 aliphatic carbocycles. The number of halogens is 2. The second-order valence-electron chi connectivity index (χ2n) is 3.27. The predicted octanol–water partition coefficient (Wildman–Crippen LogP) is 2.67. The predicted molar refractivity (Wildman–Crippen MR) is 50.7 cm³/mol. The van der Waals surface area contributed by atoms with Gasteiger partial charge >= 0.3 is 0 Å². The average Bonchev–Trinajstić information content (AvgIpc) is 2.85. The molecule has 1 aliphatic rings. The summed E-state index contributed by atoms with van der Waals surface area (Å²) < 4.78 is 13.3. The SMILES string of the molecule is O=C=NC1CC1c1c(F)cccc1Cl. The molecule has 0 amide bonds. The quantitative estimate of drug-likeness (QED) is 0.546. The van der Waals surface area contributed by atoms with Gasteiger partial charge in [-0.25, -0.2) is 14.2 Å². The minimum atomic E-state index is -0.328. The molecule has 0 radical (unpaired) electrons. The maximum Gasteiger partial charge on any atom is 0.235 e. The molecule has 14 heavy (non-hydrogen) atoms. The van der Waals surface area contributed by atoms with E-state index in [0.29, 0.717) is 17.0 Å². The van der Waals surface area contributed by atoms with E-state index in [0.717, 1.165) is 0 Å². The van der Waals surface area contributed by atoms with Crippen LogP contribution in [-0.4, -0.2) is 12.1 Å². The molecule has 0 bridgehead atoms. The zero-order valence-corrected chi connectivity index (χ0v) is 7.96. The van der Waals surface area contributed by atoms with E-state index >= 15 is 0 Å². The Balaban J connectivity index is 2.30. The smallest absolute Gasteiger partial charge is 0.211 e. The van der Waals surface area contributed by atoms with Gasteiger partial charge in [-0.2, -0.15) is 0 Å². The van der Waals surface area contributed by atoms with Crippen molar-refractivity contribution in [3.05, 3.63) is 34.6 Å². The second-order valence-corrected chi connectivity index (χ2v) is 3.67. The molecular formula is C10H7ClFNO. The van der Waals surface area contributed by atoms with Gasteiger partial charge in [0.25, 0.3) is 0 Å². The Labute approximate surface area is 85.4 Å². The highest BCUT2D eigenvalue weighted by atomic mass is 35.5. The van der Waals surface area contributed by atoms with E-state index in [1.54, 1.807) is 12.1 Å². The van der Waals surface area contributed by atoms with Crippen molar-refractivity contribution in [2.75, 3.05) is 0 Å². The van der Waals surface area contributed by atoms with E-state index < -0.39 is 0 Å². The first-order valence-electron chi connectivity index (χ1n) is 4.25. The van der Waals surface area contributed by atoms with Crippen LogP contribution in [0.1, 0.15) is 17.9 Å². The van der Waals surface area contributed by atoms with Gasteiger partial charge in [-0.15, -0.1) is 0 Å². The summed E-state index contributed by atoms with van der Waals surface area (Å²) in [7, 11) is 0. The molecule has 1 aromatic rings. The lowest BCUT2D eigenvalue weighted by molar-refractivity contribution is 0.562. The van der Waals surface area contributed by atoms with Crippen LogP contribution in [-0.2, 0) is 4.79 Å². The maximum atomic E-state index is 13.3.